The summed E-state index contributed by atoms with van der Waals surface area (Å²) in [6.07, 6.45) is 3.87. The van der Waals surface area contributed by atoms with E-state index >= 15 is 0 Å². The molecule has 0 fully saturated rings. The molecule has 0 saturated carbocycles. The van der Waals surface area contributed by atoms with Gasteiger partial charge in [0.2, 0.25) is 10.0 Å². The first-order valence-corrected chi connectivity index (χ1v) is 8.22. The third-order valence-electron chi connectivity index (χ3n) is 2.73. The van der Waals surface area contributed by atoms with Gasteiger partial charge in [-0.05, 0) is 17.9 Å². The Balaban J connectivity index is 2.26. The maximum Gasteiger partial charge on any atom is 0.242 e. The highest BCUT2D eigenvalue weighted by molar-refractivity contribution is 7.89. The standard InChI is InChI=1S/C11H16N4O2S2/c1-2-8(11-13-4-5-14-11)15-19(16,17)10-3-6-18-9(10)7-12/h3-6,8,15H,2,7,12H2,1H3,(H,13,14). The summed E-state index contributed by atoms with van der Waals surface area (Å²) in [5, 5.41) is 1.73. The molecular weight excluding hydrogens is 284 g/mol. The van der Waals surface area contributed by atoms with Crippen molar-refractivity contribution in [1.29, 1.82) is 0 Å². The average Bonchev–Trinajstić information content (AvgIpc) is 3.06. The number of rotatable bonds is 6. The Morgan fingerprint density at radius 2 is 2.37 bits per heavy atom. The first-order valence-electron chi connectivity index (χ1n) is 5.86. The van der Waals surface area contributed by atoms with Crippen LogP contribution in [0.5, 0.6) is 0 Å². The van der Waals surface area contributed by atoms with E-state index < -0.39 is 10.0 Å². The molecule has 0 spiro atoms. The number of nitrogens with zero attached hydrogens (tertiary/aromatic N) is 1. The van der Waals surface area contributed by atoms with Crippen molar-refractivity contribution in [2.75, 3.05) is 0 Å². The predicted octanol–water partition coefficient (Wildman–Crippen LogP) is 1.36. The van der Waals surface area contributed by atoms with Gasteiger partial charge in [-0.1, -0.05) is 6.92 Å². The predicted molar refractivity (Wildman–Crippen MR) is 74.2 cm³/mol. The fourth-order valence-corrected chi connectivity index (χ4v) is 4.39. The number of hydrogen-bond donors (Lipinski definition) is 3. The van der Waals surface area contributed by atoms with Crippen molar-refractivity contribution in [3.8, 4) is 0 Å². The molecular formula is C11H16N4O2S2. The molecule has 0 amide bonds. The van der Waals surface area contributed by atoms with Crippen LogP contribution >= 0.6 is 11.3 Å². The van der Waals surface area contributed by atoms with Gasteiger partial charge in [0.15, 0.2) is 0 Å². The number of nitrogens with two attached hydrogens (primary N) is 1. The highest BCUT2D eigenvalue weighted by Crippen LogP contribution is 2.23. The summed E-state index contributed by atoms with van der Waals surface area (Å²) in [6.45, 7) is 2.11. The van der Waals surface area contributed by atoms with Crippen molar-refractivity contribution in [1.82, 2.24) is 14.7 Å². The van der Waals surface area contributed by atoms with Gasteiger partial charge in [0, 0.05) is 23.8 Å². The number of nitrogens with one attached hydrogen (secondary N) is 2. The fraction of sp³-hybridized carbons (Fsp3) is 0.364. The van der Waals surface area contributed by atoms with Gasteiger partial charge in [-0.2, -0.15) is 0 Å². The normalized spacial score (nSPS) is 13.6. The maximum atomic E-state index is 12.3. The second kappa shape index (κ2) is 5.83. The molecule has 2 aromatic heterocycles. The van der Waals surface area contributed by atoms with Gasteiger partial charge in [-0.3, -0.25) is 0 Å². The van der Waals surface area contributed by atoms with E-state index in [4.69, 9.17) is 5.73 Å². The van der Waals surface area contributed by atoms with E-state index in [0.717, 1.165) is 0 Å². The SMILES string of the molecule is CCC(NS(=O)(=O)c1ccsc1CN)c1ncc[nH]1. The largest absolute Gasteiger partial charge is 0.347 e. The summed E-state index contributed by atoms with van der Waals surface area (Å²) in [5.74, 6) is 0.607. The zero-order valence-electron chi connectivity index (χ0n) is 10.5. The number of aromatic amines is 1. The second-order valence-electron chi connectivity index (χ2n) is 3.97. The number of sulfonamides is 1. The molecule has 6 nitrogen and oxygen atoms in total. The molecule has 2 heterocycles. The van der Waals surface area contributed by atoms with Crippen molar-refractivity contribution in [3.05, 3.63) is 34.5 Å². The van der Waals surface area contributed by atoms with E-state index in [-0.39, 0.29) is 17.5 Å². The van der Waals surface area contributed by atoms with Crippen LogP contribution < -0.4 is 10.5 Å². The van der Waals surface area contributed by atoms with E-state index in [0.29, 0.717) is 17.1 Å². The van der Waals surface area contributed by atoms with Crippen molar-refractivity contribution < 1.29 is 8.42 Å². The van der Waals surface area contributed by atoms with Crippen LogP contribution in [0.4, 0.5) is 0 Å². The van der Waals surface area contributed by atoms with Crippen LogP contribution in [0.3, 0.4) is 0 Å². The van der Waals surface area contributed by atoms with Crippen LogP contribution in [0.15, 0.2) is 28.7 Å². The number of imidazole rings is 1. The quantitative estimate of drug-likeness (QED) is 0.749. The molecule has 2 rings (SSSR count). The van der Waals surface area contributed by atoms with Crippen molar-refractivity contribution in [2.45, 2.75) is 30.8 Å². The second-order valence-corrected chi connectivity index (χ2v) is 6.65. The number of thiophene rings is 1. The minimum Gasteiger partial charge on any atom is -0.347 e. The van der Waals surface area contributed by atoms with Crippen LogP contribution in [0, 0.1) is 0 Å². The number of H-pyrrole nitrogens is 1. The Morgan fingerprint density at radius 3 is 2.95 bits per heavy atom. The van der Waals surface area contributed by atoms with Gasteiger partial charge < -0.3 is 10.7 Å². The number of hydrogen-bond acceptors (Lipinski definition) is 5. The highest BCUT2D eigenvalue weighted by atomic mass is 32.2. The van der Waals surface area contributed by atoms with Crippen LogP contribution in [0.25, 0.3) is 0 Å². The molecule has 0 aliphatic carbocycles. The topological polar surface area (TPSA) is 101 Å². The third-order valence-corrected chi connectivity index (χ3v) is 5.36. The molecule has 0 bridgehead atoms. The van der Waals surface area contributed by atoms with E-state index in [1.165, 1.54) is 11.3 Å². The highest BCUT2D eigenvalue weighted by Gasteiger charge is 2.24. The Bertz CT molecular complexity index is 619. The van der Waals surface area contributed by atoms with Crippen LogP contribution in [-0.2, 0) is 16.6 Å². The first-order chi connectivity index (χ1) is 9.08. The molecule has 0 radical (unpaired) electrons. The van der Waals surface area contributed by atoms with Gasteiger partial charge in [0.1, 0.15) is 5.82 Å². The first kappa shape index (κ1) is 14.2. The lowest BCUT2D eigenvalue weighted by Gasteiger charge is -2.15. The van der Waals surface area contributed by atoms with E-state index in [1.807, 2.05) is 6.92 Å². The summed E-state index contributed by atoms with van der Waals surface area (Å²) in [5.41, 5.74) is 5.55. The minimum atomic E-state index is -3.58. The molecule has 0 aliphatic rings. The van der Waals surface area contributed by atoms with Gasteiger partial charge in [0.05, 0.1) is 10.9 Å². The van der Waals surface area contributed by atoms with Crippen molar-refractivity contribution >= 4 is 21.4 Å². The third kappa shape index (κ3) is 3.03. The van der Waals surface area contributed by atoms with Crippen LogP contribution in [0.2, 0.25) is 0 Å². The lowest BCUT2D eigenvalue weighted by Crippen LogP contribution is -2.29. The Hall–Kier alpha value is -1.22. The van der Waals surface area contributed by atoms with E-state index in [9.17, 15) is 8.42 Å². The summed E-state index contributed by atoms with van der Waals surface area (Å²) >= 11 is 1.34. The summed E-state index contributed by atoms with van der Waals surface area (Å²) in [7, 11) is -3.58. The Kier molecular flexibility index (Phi) is 4.35. The number of aromatic nitrogens is 2. The maximum absolute atomic E-state index is 12.3. The van der Waals surface area contributed by atoms with Gasteiger partial charge in [0.25, 0.3) is 0 Å². The van der Waals surface area contributed by atoms with Gasteiger partial charge in [-0.25, -0.2) is 18.1 Å². The lowest BCUT2D eigenvalue weighted by molar-refractivity contribution is 0.539. The van der Waals surface area contributed by atoms with Gasteiger partial charge in [-0.15, -0.1) is 11.3 Å². The zero-order chi connectivity index (χ0) is 13.9. The smallest absolute Gasteiger partial charge is 0.242 e. The Morgan fingerprint density at radius 1 is 1.58 bits per heavy atom. The molecule has 2 aromatic rings. The molecule has 0 aromatic carbocycles. The summed E-state index contributed by atoms with van der Waals surface area (Å²) < 4.78 is 27.3. The summed E-state index contributed by atoms with van der Waals surface area (Å²) in [4.78, 5) is 7.92. The van der Waals surface area contributed by atoms with Crippen molar-refractivity contribution in [2.24, 2.45) is 5.73 Å². The van der Waals surface area contributed by atoms with E-state index in [1.54, 1.807) is 23.8 Å². The Labute approximate surface area is 116 Å². The van der Waals surface area contributed by atoms with Crippen LogP contribution in [0.1, 0.15) is 30.1 Å². The fourth-order valence-electron chi connectivity index (χ4n) is 1.77. The molecule has 19 heavy (non-hydrogen) atoms. The molecule has 1 unspecified atom stereocenters. The minimum absolute atomic E-state index is 0.214. The monoisotopic (exact) mass is 300 g/mol. The molecule has 8 heteroatoms. The lowest BCUT2D eigenvalue weighted by atomic mass is 10.2. The zero-order valence-corrected chi connectivity index (χ0v) is 12.1. The van der Waals surface area contributed by atoms with Gasteiger partial charge >= 0.3 is 0 Å². The van der Waals surface area contributed by atoms with Crippen molar-refractivity contribution in [3.63, 3.8) is 0 Å². The summed E-state index contributed by atoms with van der Waals surface area (Å²) in [6, 6.07) is 1.20. The molecule has 4 N–H and O–H groups in total. The molecule has 0 aliphatic heterocycles. The molecule has 0 saturated heterocycles. The van der Waals surface area contributed by atoms with Crippen LogP contribution in [-0.4, -0.2) is 18.4 Å². The average molecular weight is 300 g/mol. The molecule has 1 atom stereocenters. The molecule has 104 valence electrons. The van der Waals surface area contributed by atoms with E-state index in [2.05, 4.69) is 14.7 Å².